The van der Waals surface area contributed by atoms with Gasteiger partial charge in [0.05, 0.1) is 12.0 Å². The molecule has 0 saturated carbocycles. The molecule has 1 saturated heterocycles. The molecule has 2 rings (SSSR count). The summed E-state index contributed by atoms with van der Waals surface area (Å²) < 4.78 is 0. The van der Waals surface area contributed by atoms with Crippen molar-refractivity contribution in [2.45, 2.75) is 19.8 Å². The molecule has 1 aliphatic rings. The maximum atomic E-state index is 12.0. The highest BCUT2D eigenvalue weighted by Gasteiger charge is 2.38. The Morgan fingerprint density at radius 1 is 1.38 bits per heavy atom. The molecule has 114 valence electrons. The highest BCUT2D eigenvalue weighted by molar-refractivity contribution is 6.30. The molecule has 1 fully saturated rings. The third kappa shape index (κ3) is 4.19. The fourth-order valence-corrected chi connectivity index (χ4v) is 2.72. The number of anilines is 1. The van der Waals surface area contributed by atoms with Crippen molar-refractivity contribution >= 4 is 29.2 Å². The molecule has 1 heterocycles. The summed E-state index contributed by atoms with van der Waals surface area (Å²) in [7, 11) is 0. The van der Waals surface area contributed by atoms with Crippen molar-refractivity contribution in [2.75, 3.05) is 25.0 Å². The first kappa shape index (κ1) is 15.8. The summed E-state index contributed by atoms with van der Waals surface area (Å²) in [6.07, 6.45) is 1.44. The number of hydrogen-bond acceptors (Lipinski definition) is 3. The van der Waals surface area contributed by atoms with Crippen LogP contribution < -0.4 is 5.32 Å². The second-order valence-corrected chi connectivity index (χ2v) is 6.17. The first-order chi connectivity index (χ1) is 9.89. The summed E-state index contributed by atoms with van der Waals surface area (Å²) >= 11 is 5.79. The Labute approximate surface area is 128 Å². The normalized spacial score (nSPS) is 22.8. The maximum absolute atomic E-state index is 12.0. The second kappa shape index (κ2) is 6.45. The monoisotopic (exact) mass is 310 g/mol. The number of carbonyl (C=O) groups excluding carboxylic acids is 1. The van der Waals surface area contributed by atoms with Gasteiger partial charge < -0.3 is 10.4 Å². The van der Waals surface area contributed by atoms with Crippen LogP contribution in [0.5, 0.6) is 0 Å². The highest BCUT2D eigenvalue weighted by Crippen LogP contribution is 2.29. The lowest BCUT2D eigenvalue weighted by molar-refractivity contribution is -0.151. The van der Waals surface area contributed by atoms with E-state index in [9.17, 15) is 14.7 Å². The molecule has 1 unspecified atom stereocenters. The Bertz CT molecular complexity index is 532. The number of carboxylic acids is 1. The van der Waals surface area contributed by atoms with Crippen molar-refractivity contribution in [3.05, 3.63) is 29.3 Å². The van der Waals surface area contributed by atoms with Gasteiger partial charge in [0.15, 0.2) is 0 Å². The number of amides is 1. The van der Waals surface area contributed by atoms with Gasteiger partial charge in [-0.15, -0.1) is 0 Å². The number of hydrogen-bond donors (Lipinski definition) is 2. The SMILES string of the molecule is CC1(C(=O)O)CCCN(CC(=O)Nc2ccc(Cl)cc2)C1. The zero-order valence-corrected chi connectivity index (χ0v) is 12.7. The van der Waals surface area contributed by atoms with Crippen LogP contribution >= 0.6 is 11.6 Å². The van der Waals surface area contributed by atoms with Gasteiger partial charge in [0.2, 0.25) is 5.91 Å². The molecule has 1 aliphatic heterocycles. The molecule has 2 N–H and O–H groups in total. The van der Waals surface area contributed by atoms with E-state index >= 15 is 0 Å². The van der Waals surface area contributed by atoms with Crippen LogP contribution in [0, 0.1) is 5.41 Å². The molecule has 0 spiro atoms. The number of nitrogens with zero attached hydrogens (tertiary/aromatic N) is 1. The second-order valence-electron chi connectivity index (χ2n) is 5.74. The Kier molecular flexibility index (Phi) is 4.85. The molecule has 6 heteroatoms. The molecule has 0 aliphatic carbocycles. The molecule has 1 aromatic rings. The van der Waals surface area contributed by atoms with Crippen LogP contribution in [-0.4, -0.2) is 41.5 Å². The molecule has 0 radical (unpaired) electrons. The van der Waals surface area contributed by atoms with Crippen LogP contribution in [0.4, 0.5) is 5.69 Å². The van der Waals surface area contributed by atoms with E-state index in [-0.39, 0.29) is 12.5 Å². The van der Waals surface area contributed by atoms with Crippen LogP contribution in [0.2, 0.25) is 5.02 Å². The molecule has 1 aromatic carbocycles. The molecule has 1 amide bonds. The average molecular weight is 311 g/mol. The summed E-state index contributed by atoms with van der Waals surface area (Å²) in [6, 6.07) is 6.88. The molecule has 1 atom stereocenters. The Hall–Kier alpha value is -1.59. The number of carbonyl (C=O) groups is 2. The van der Waals surface area contributed by atoms with Gasteiger partial charge in [-0.05, 0) is 50.6 Å². The van der Waals surface area contributed by atoms with Gasteiger partial charge in [-0.25, -0.2) is 0 Å². The zero-order valence-electron chi connectivity index (χ0n) is 11.9. The van der Waals surface area contributed by atoms with Gasteiger partial charge in [0.25, 0.3) is 0 Å². The Balaban J connectivity index is 1.90. The lowest BCUT2D eigenvalue weighted by Crippen LogP contribution is -2.48. The minimum absolute atomic E-state index is 0.146. The summed E-state index contributed by atoms with van der Waals surface area (Å²) in [5, 5.41) is 12.7. The molecule has 0 bridgehead atoms. The van der Waals surface area contributed by atoms with E-state index in [1.165, 1.54) is 0 Å². The van der Waals surface area contributed by atoms with Crippen molar-refractivity contribution in [2.24, 2.45) is 5.41 Å². The largest absolute Gasteiger partial charge is 0.481 e. The Morgan fingerprint density at radius 2 is 2.05 bits per heavy atom. The summed E-state index contributed by atoms with van der Waals surface area (Å²) in [5.41, 5.74) is -0.0823. The van der Waals surface area contributed by atoms with Gasteiger partial charge in [-0.1, -0.05) is 11.6 Å². The fourth-order valence-electron chi connectivity index (χ4n) is 2.59. The van der Waals surface area contributed by atoms with Crippen LogP contribution in [-0.2, 0) is 9.59 Å². The topological polar surface area (TPSA) is 69.6 Å². The number of aliphatic carboxylic acids is 1. The Morgan fingerprint density at radius 3 is 2.67 bits per heavy atom. The number of benzene rings is 1. The first-order valence-electron chi connectivity index (χ1n) is 6.90. The number of likely N-dealkylation sites (tertiary alicyclic amines) is 1. The van der Waals surface area contributed by atoms with Crippen molar-refractivity contribution in [1.29, 1.82) is 0 Å². The molecule has 5 nitrogen and oxygen atoms in total. The van der Waals surface area contributed by atoms with Crippen molar-refractivity contribution in [3.63, 3.8) is 0 Å². The lowest BCUT2D eigenvalue weighted by atomic mass is 9.82. The van der Waals surface area contributed by atoms with Gasteiger partial charge in [-0.3, -0.25) is 14.5 Å². The molecular weight excluding hydrogens is 292 g/mol. The van der Waals surface area contributed by atoms with Crippen molar-refractivity contribution in [3.8, 4) is 0 Å². The first-order valence-corrected chi connectivity index (χ1v) is 7.28. The van der Waals surface area contributed by atoms with Gasteiger partial charge in [0.1, 0.15) is 0 Å². The maximum Gasteiger partial charge on any atom is 0.310 e. The van der Waals surface area contributed by atoms with Crippen molar-refractivity contribution < 1.29 is 14.7 Å². The number of rotatable bonds is 4. The standard InChI is InChI=1S/C15H19ClN2O3/c1-15(14(20)21)7-2-8-18(10-15)9-13(19)17-12-5-3-11(16)4-6-12/h3-6H,2,7-10H2,1H3,(H,17,19)(H,20,21). The van der Waals surface area contributed by atoms with Crippen LogP contribution in [0.25, 0.3) is 0 Å². The van der Waals surface area contributed by atoms with Crippen LogP contribution in [0.1, 0.15) is 19.8 Å². The van der Waals surface area contributed by atoms with Gasteiger partial charge >= 0.3 is 5.97 Å². The fraction of sp³-hybridized carbons (Fsp3) is 0.467. The van der Waals surface area contributed by atoms with E-state index in [0.717, 1.165) is 13.0 Å². The van der Waals surface area contributed by atoms with E-state index < -0.39 is 11.4 Å². The van der Waals surface area contributed by atoms with Gasteiger partial charge in [-0.2, -0.15) is 0 Å². The number of piperidine rings is 1. The van der Waals surface area contributed by atoms with Crippen LogP contribution in [0.15, 0.2) is 24.3 Å². The summed E-state index contributed by atoms with van der Waals surface area (Å²) in [6.45, 7) is 3.08. The summed E-state index contributed by atoms with van der Waals surface area (Å²) in [4.78, 5) is 25.2. The third-order valence-corrected chi connectivity index (χ3v) is 4.04. The number of halogens is 1. The predicted molar refractivity (Wildman–Crippen MR) is 81.5 cm³/mol. The van der Waals surface area contributed by atoms with E-state index in [2.05, 4.69) is 5.32 Å². The molecular formula is C15H19ClN2O3. The zero-order chi connectivity index (χ0) is 15.5. The minimum Gasteiger partial charge on any atom is -0.481 e. The van der Waals surface area contributed by atoms with Gasteiger partial charge in [0, 0.05) is 17.3 Å². The number of carboxylic acid groups (broad SMARTS) is 1. The van der Waals surface area contributed by atoms with E-state index in [1.807, 2.05) is 4.90 Å². The number of nitrogens with one attached hydrogen (secondary N) is 1. The quantitative estimate of drug-likeness (QED) is 0.896. The highest BCUT2D eigenvalue weighted by atomic mass is 35.5. The average Bonchev–Trinajstić information content (AvgIpc) is 2.41. The smallest absolute Gasteiger partial charge is 0.310 e. The third-order valence-electron chi connectivity index (χ3n) is 3.79. The lowest BCUT2D eigenvalue weighted by Gasteiger charge is -2.37. The van der Waals surface area contributed by atoms with Crippen LogP contribution in [0.3, 0.4) is 0 Å². The van der Waals surface area contributed by atoms with E-state index in [4.69, 9.17) is 11.6 Å². The van der Waals surface area contributed by atoms with E-state index in [1.54, 1.807) is 31.2 Å². The summed E-state index contributed by atoms with van der Waals surface area (Å²) in [5.74, 6) is -0.947. The molecule has 21 heavy (non-hydrogen) atoms. The van der Waals surface area contributed by atoms with E-state index in [0.29, 0.717) is 23.7 Å². The molecule has 0 aromatic heterocycles. The predicted octanol–water partition coefficient (Wildman–Crippen LogP) is 2.47. The van der Waals surface area contributed by atoms with Crippen molar-refractivity contribution in [1.82, 2.24) is 4.90 Å². The minimum atomic E-state index is -0.801.